The molecule has 0 N–H and O–H groups in total. The molecule has 0 aliphatic rings. The number of hydrogen-bond acceptors (Lipinski definition) is 7. The summed E-state index contributed by atoms with van der Waals surface area (Å²) < 4.78 is 34.9. The molecule has 0 amide bonds. The van der Waals surface area contributed by atoms with Crippen molar-refractivity contribution in [3.05, 3.63) is 63.6 Å². The Morgan fingerprint density at radius 1 is 1.16 bits per heavy atom. The number of aryl methyl sites for hydroxylation is 1. The zero-order valence-corrected chi connectivity index (χ0v) is 19.2. The standard InChI is InChI=1S/C21H22N4O4S2/c1-13(2)25-17-10-9-16(11-18(17)30-21(25)26)31(27,28)24(4)12-19-22-20(23-29-19)15-7-5-14(3)6-8-15/h5-11,13H,12H2,1-4H3. The van der Waals surface area contributed by atoms with Crippen molar-refractivity contribution in [3.63, 3.8) is 0 Å². The Balaban J connectivity index is 1.59. The van der Waals surface area contributed by atoms with Gasteiger partial charge in [-0.2, -0.15) is 9.29 Å². The molecule has 8 nitrogen and oxygen atoms in total. The Bertz CT molecular complexity index is 1400. The SMILES string of the molecule is Cc1ccc(-c2noc(CN(C)S(=O)(=O)c3ccc4c(c3)sc(=O)n4C(C)C)n2)cc1. The predicted octanol–water partition coefficient (Wildman–Crippen LogP) is 3.82. The third-order valence-corrected chi connectivity index (χ3v) is 7.66. The van der Waals surface area contributed by atoms with Gasteiger partial charge in [0.15, 0.2) is 0 Å². The van der Waals surface area contributed by atoms with Crippen LogP contribution in [-0.4, -0.2) is 34.5 Å². The third kappa shape index (κ3) is 4.06. The third-order valence-electron chi connectivity index (χ3n) is 4.95. The van der Waals surface area contributed by atoms with Crippen molar-refractivity contribution < 1.29 is 12.9 Å². The van der Waals surface area contributed by atoms with Gasteiger partial charge in [0.05, 0.1) is 21.7 Å². The van der Waals surface area contributed by atoms with Crippen LogP contribution in [-0.2, 0) is 16.6 Å². The summed E-state index contributed by atoms with van der Waals surface area (Å²) in [6.07, 6.45) is 0. The monoisotopic (exact) mass is 458 g/mol. The molecule has 4 aromatic rings. The maximum absolute atomic E-state index is 13.1. The van der Waals surface area contributed by atoms with E-state index in [-0.39, 0.29) is 28.2 Å². The van der Waals surface area contributed by atoms with Gasteiger partial charge in [0.2, 0.25) is 21.7 Å². The van der Waals surface area contributed by atoms with Crippen LogP contribution in [0.15, 0.2) is 56.7 Å². The average Bonchev–Trinajstić information content (AvgIpc) is 3.31. The van der Waals surface area contributed by atoms with Crippen molar-refractivity contribution in [2.45, 2.75) is 38.3 Å². The van der Waals surface area contributed by atoms with Crippen LogP contribution >= 0.6 is 11.3 Å². The largest absolute Gasteiger partial charge is 0.338 e. The number of sulfonamides is 1. The Morgan fingerprint density at radius 2 is 1.87 bits per heavy atom. The Hall–Kier alpha value is -2.82. The first-order chi connectivity index (χ1) is 14.7. The second-order valence-electron chi connectivity index (χ2n) is 7.60. The molecule has 2 heterocycles. The average molecular weight is 459 g/mol. The number of thiazole rings is 1. The summed E-state index contributed by atoms with van der Waals surface area (Å²) in [7, 11) is -2.36. The van der Waals surface area contributed by atoms with Crippen molar-refractivity contribution in [2.75, 3.05) is 7.05 Å². The molecule has 0 saturated carbocycles. The molecule has 0 saturated heterocycles. The van der Waals surface area contributed by atoms with Gasteiger partial charge in [0.1, 0.15) is 0 Å². The van der Waals surface area contributed by atoms with Crippen molar-refractivity contribution >= 4 is 31.6 Å². The molecule has 0 aliphatic carbocycles. The first kappa shape index (κ1) is 21.4. The summed E-state index contributed by atoms with van der Waals surface area (Å²) in [5, 5.41) is 3.95. The molecular formula is C21H22N4O4S2. The highest BCUT2D eigenvalue weighted by Gasteiger charge is 2.24. The van der Waals surface area contributed by atoms with Gasteiger partial charge in [-0.3, -0.25) is 9.36 Å². The van der Waals surface area contributed by atoms with Gasteiger partial charge in [-0.15, -0.1) is 0 Å². The summed E-state index contributed by atoms with van der Waals surface area (Å²) in [5.41, 5.74) is 2.64. The van der Waals surface area contributed by atoms with Crippen LogP contribution in [0.4, 0.5) is 0 Å². The molecule has 0 aliphatic heterocycles. The highest BCUT2D eigenvalue weighted by Crippen LogP contribution is 2.26. The first-order valence-corrected chi connectivity index (χ1v) is 11.9. The quantitative estimate of drug-likeness (QED) is 0.436. The molecule has 10 heteroatoms. The molecule has 0 radical (unpaired) electrons. The molecule has 0 fully saturated rings. The van der Waals surface area contributed by atoms with Crippen LogP contribution in [0.25, 0.3) is 21.6 Å². The summed E-state index contributed by atoms with van der Waals surface area (Å²) in [4.78, 5) is 16.6. The van der Waals surface area contributed by atoms with Crippen LogP contribution < -0.4 is 4.87 Å². The topological polar surface area (TPSA) is 98.3 Å². The lowest BCUT2D eigenvalue weighted by Crippen LogP contribution is -2.26. The molecule has 2 aromatic carbocycles. The zero-order chi connectivity index (χ0) is 22.3. The molecule has 31 heavy (non-hydrogen) atoms. The van der Waals surface area contributed by atoms with Gasteiger partial charge in [0.25, 0.3) is 0 Å². The van der Waals surface area contributed by atoms with Crippen LogP contribution in [0, 0.1) is 6.92 Å². The molecule has 162 valence electrons. The van der Waals surface area contributed by atoms with Gasteiger partial charge in [-0.05, 0) is 39.0 Å². The van der Waals surface area contributed by atoms with Gasteiger partial charge >= 0.3 is 4.87 Å². The van der Waals surface area contributed by atoms with E-state index in [1.165, 1.54) is 19.2 Å². The minimum Gasteiger partial charge on any atom is -0.338 e. The molecule has 0 bridgehead atoms. The highest BCUT2D eigenvalue weighted by atomic mass is 32.2. The molecular weight excluding hydrogens is 436 g/mol. The zero-order valence-electron chi connectivity index (χ0n) is 17.6. The molecule has 2 aromatic heterocycles. The number of benzene rings is 2. The summed E-state index contributed by atoms with van der Waals surface area (Å²) in [5.74, 6) is 0.598. The van der Waals surface area contributed by atoms with Gasteiger partial charge in [-0.25, -0.2) is 8.42 Å². The number of fused-ring (bicyclic) bond motifs is 1. The summed E-state index contributed by atoms with van der Waals surface area (Å²) >= 11 is 1.04. The van der Waals surface area contributed by atoms with E-state index in [0.29, 0.717) is 10.5 Å². The van der Waals surface area contributed by atoms with E-state index in [0.717, 1.165) is 32.3 Å². The summed E-state index contributed by atoms with van der Waals surface area (Å²) in [6, 6.07) is 12.4. The Kier molecular flexibility index (Phi) is 5.54. The van der Waals surface area contributed by atoms with Crippen molar-refractivity contribution in [1.29, 1.82) is 0 Å². The highest BCUT2D eigenvalue weighted by molar-refractivity contribution is 7.89. The summed E-state index contributed by atoms with van der Waals surface area (Å²) in [6.45, 7) is 5.75. The van der Waals surface area contributed by atoms with E-state index in [2.05, 4.69) is 10.1 Å². The fourth-order valence-electron chi connectivity index (χ4n) is 3.26. The van der Waals surface area contributed by atoms with E-state index in [1.807, 2.05) is 45.0 Å². The number of rotatable bonds is 6. The number of aromatic nitrogens is 3. The van der Waals surface area contributed by atoms with E-state index in [4.69, 9.17) is 4.52 Å². The molecule has 0 unspecified atom stereocenters. The van der Waals surface area contributed by atoms with Crippen molar-refractivity contribution in [3.8, 4) is 11.4 Å². The number of hydrogen-bond donors (Lipinski definition) is 0. The lowest BCUT2D eigenvalue weighted by atomic mass is 10.1. The van der Waals surface area contributed by atoms with Gasteiger partial charge < -0.3 is 4.52 Å². The lowest BCUT2D eigenvalue weighted by Gasteiger charge is -2.15. The minimum absolute atomic E-state index is 0.00775. The van der Waals surface area contributed by atoms with E-state index in [9.17, 15) is 13.2 Å². The second kappa shape index (κ2) is 8.03. The first-order valence-electron chi connectivity index (χ1n) is 9.68. The minimum atomic E-state index is -3.81. The molecule has 0 spiro atoms. The molecule has 0 atom stereocenters. The molecule has 4 rings (SSSR count). The maximum atomic E-state index is 13.1. The van der Waals surface area contributed by atoms with E-state index >= 15 is 0 Å². The predicted molar refractivity (Wildman–Crippen MR) is 120 cm³/mol. The fourth-order valence-corrected chi connectivity index (χ4v) is 5.53. The van der Waals surface area contributed by atoms with E-state index < -0.39 is 10.0 Å². The fraction of sp³-hybridized carbons (Fsp3) is 0.286. The lowest BCUT2D eigenvalue weighted by molar-refractivity contribution is 0.337. The van der Waals surface area contributed by atoms with Crippen molar-refractivity contribution in [1.82, 2.24) is 19.0 Å². The number of nitrogens with zero attached hydrogens (tertiary/aromatic N) is 4. The van der Waals surface area contributed by atoms with Gasteiger partial charge in [-0.1, -0.05) is 46.3 Å². The second-order valence-corrected chi connectivity index (χ2v) is 10.6. The van der Waals surface area contributed by atoms with Crippen LogP contribution in [0.1, 0.15) is 31.3 Å². The Morgan fingerprint density at radius 3 is 2.55 bits per heavy atom. The normalized spacial score (nSPS) is 12.3. The van der Waals surface area contributed by atoms with Crippen LogP contribution in [0.5, 0.6) is 0 Å². The smallest absolute Gasteiger partial charge is 0.308 e. The maximum Gasteiger partial charge on any atom is 0.308 e. The van der Waals surface area contributed by atoms with Crippen LogP contribution in [0.2, 0.25) is 0 Å². The van der Waals surface area contributed by atoms with Crippen LogP contribution in [0.3, 0.4) is 0 Å². The van der Waals surface area contributed by atoms with Gasteiger partial charge in [0, 0.05) is 18.7 Å². The van der Waals surface area contributed by atoms with Crippen molar-refractivity contribution in [2.24, 2.45) is 0 Å². The van der Waals surface area contributed by atoms with E-state index in [1.54, 1.807) is 10.6 Å². The Labute approximate surface area is 183 Å².